The third-order valence-electron chi connectivity index (χ3n) is 7.06. The van der Waals surface area contributed by atoms with Gasteiger partial charge in [0.25, 0.3) is 17.7 Å². The number of primary amides is 1. The first-order valence-electron chi connectivity index (χ1n) is 12.7. The molecule has 198 valence electrons. The van der Waals surface area contributed by atoms with Crippen LogP contribution in [0.5, 0.6) is 5.75 Å². The van der Waals surface area contributed by atoms with E-state index in [0.29, 0.717) is 42.5 Å². The molecule has 0 spiro atoms. The first-order chi connectivity index (χ1) is 17.9. The summed E-state index contributed by atoms with van der Waals surface area (Å²) in [5.74, 6) is -0.306. The second kappa shape index (κ2) is 12.2. The van der Waals surface area contributed by atoms with Crippen molar-refractivity contribution in [2.75, 3.05) is 52.4 Å². The zero-order valence-electron chi connectivity index (χ0n) is 20.9. The lowest BCUT2D eigenvalue weighted by Gasteiger charge is -2.42. The van der Waals surface area contributed by atoms with Crippen LogP contribution >= 0.6 is 0 Å². The van der Waals surface area contributed by atoms with Gasteiger partial charge in [0.05, 0.1) is 13.2 Å². The fourth-order valence-corrected chi connectivity index (χ4v) is 4.67. The molecule has 0 saturated carbocycles. The molecular formula is C27H35N5O5. The van der Waals surface area contributed by atoms with E-state index >= 15 is 0 Å². The standard InChI is InChI=1S/C27H35N5O5/c28-26(35)27(36,32-16-14-31(15-17-32)25(34)22-4-2-1-3-5-22)19-30-24(33)21-6-8-23(9-7-21)37-18-20-10-12-29-13-11-20/h1-9,20,29,36H,10-19H2,(H2,28,35)(H,30,33). The second-order valence-electron chi connectivity index (χ2n) is 9.54. The van der Waals surface area contributed by atoms with Gasteiger partial charge in [0, 0.05) is 37.3 Å². The molecule has 0 bridgehead atoms. The Morgan fingerprint density at radius 2 is 1.62 bits per heavy atom. The Morgan fingerprint density at radius 3 is 2.24 bits per heavy atom. The Bertz CT molecular complexity index is 1070. The number of aliphatic hydroxyl groups is 1. The monoisotopic (exact) mass is 509 g/mol. The van der Waals surface area contributed by atoms with Crippen LogP contribution in [0.2, 0.25) is 0 Å². The minimum Gasteiger partial charge on any atom is -0.493 e. The van der Waals surface area contributed by atoms with E-state index in [-0.39, 0.29) is 25.5 Å². The molecule has 2 fully saturated rings. The molecule has 2 aromatic rings. The minimum absolute atomic E-state index is 0.112. The quantitative estimate of drug-likeness (QED) is 0.385. The molecule has 2 aliphatic rings. The van der Waals surface area contributed by atoms with Gasteiger partial charge in [-0.2, -0.15) is 0 Å². The molecule has 1 atom stereocenters. The zero-order valence-corrected chi connectivity index (χ0v) is 20.9. The number of nitrogens with two attached hydrogens (primary N) is 1. The van der Waals surface area contributed by atoms with Gasteiger partial charge < -0.3 is 31.1 Å². The molecule has 5 N–H and O–H groups in total. The SMILES string of the molecule is NC(=O)C(O)(CNC(=O)c1ccc(OCC2CCNCC2)cc1)N1CCN(C(=O)c2ccccc2)CC1. The van der Waals surface area contributed by atoms with Crippen molar-refractivity contribution in [1.82, 2.24) is 20.4 Å². The summed E-state index contributed by atoms with van der Waals surface area (Å²) in [6.45, 7) is 3.38. The summed E-state index contributed by atoms with van der Waals surface area (Å²) in [7, 11) is 0. The molecule has 10 heteroatoms. The lowest BCUT2D eigenvalue weighted by Crippen LogP contribution is -2.67. The third-order valence-corrected chi connectivity index (χ3v) is 7.06. The number of nitrogens with one attached hydrogen (secondary N) is 2. The zero-order chi connectivity index (χ0) is 26.3. The topological polar surface area (TPSA) is 137 Å². The van der Waals surface area contributed by atoms with Gasteiger partial charge in [0.15, 0.2) is 0 Å². The highest BCUT2D eigenvalue weighted by Crippen LogP contribution is 2.19. The van der Waals surface area contributed by atoms with E-state index in [1.165, 1.54) is 4.90 Å². The van der Waals surface area contributed by atoms with Crippen molar-refractivity contribution in [3.8, 4) is 5.75 Å². The van der Waals surface area contributed by atoms with E-state index in [1.54, 1.807) is 53.4 Å². The number of amides is 3. The summed E-state index contributed by atoms with van der Waals surface area (Å²) in [5.41, 5.74) is 4.42. The second-order valence-corrected chi connectivity index (χ2v) is 9.54. The molecule has 3 amide bonds. The van der Waals surface area contributed by atoms with E-state index in [9.17, 15) is 19.5 Å². The molecule has 2 saturated heterocycles. The average Bonchev–Trinajstić information content (AvgIpc) is 2.95. The number of carbonyl (C=O) groups is 3. The molecule has 0 aromatic heterocycles. The molecule has 2 aliphatic heterocycles. The van der Waals surface area contributed by atoms with Gasteiger partial charge >= 0.3 is 0 Å². The van der Waals surface area contributed by atoms with Crippen molar-refractivity contribution in [3.05, 3.63) is 65.7 Å². The van der Waals surface area contributed by atoms with Crippen LogP contribution in [0.15, 0.2) is 54.6 Å². The number of carbonyl (C=O) groups excluding carboxylic acids is 3. The molecule has 0 radical (unpaired) electrons. The first kappa shape index (κ1) is 26.6. The summed E-state index contributed by atoms with van der Waals surface area (Å²) < 4.78 is 5.86. The Kier molecular flexibility index (Phi) is 8.75. The summed E-state index contributed by atoms with van der Waals surface area (Å²) in [5, 5.41) is 17.0. The van der Waals surface area contributed by atoms with E-state index in [0.717, 1.165) is 25.9 Å². The normalized spacial score (nSPS) is 18.6. The molecule has 4 rings (SSSR count). The molecule has 2 aromatic carbocycles. The Hall–Kier alpha value is -3.47. The maximum atomic E-state index is 12.7. The van der Waals surface area contributed by atoms with E-state index in [2.05, 4.69) is 10.6 Å². The van der Waals surface area contributed by atoms with Crippen molar-refractivity contribution < 1.29 is 24.2 Å². The van der Waals surface area contributed by atoms with E-state index in [1.807, 2.05) is 6.07 Å². The largest absolute Gasteiger partial charge is 0.493 e. The first-order valence-corrected chi connectivity index (χ1v) is 12.7. The highest BCUT2D eigenvalue weighted by atomic mass is 16.5. The Balaban J connectivity index is 1.29. The van der Waals surface area contributed by atoms with E-state index in [4.69, 9.17) is 10.5 Å². The molecule has 1 unspecified atom stereocenters. The third kappa shape index (κ3) is 6.65. The average molecular weight is 510 g/mol. The van der Waals surface area contributed by atoms with Gasteiger partial charge in [-0.15, -0.1) is 0 Å². The number of piperidine rings is 1. The lowest BCUT2D eigenvalue weighted by atomic mass is 9.99. The maximum absolute atomic E-state index is 12.7. The van der Waals surface area contributed by atoms with Crippen LogP contribution in [-0.2, 0) is 4.79 Å². The van der Waals surface area contributed by atoms with Crippen LogP contribution in [0.4, 0.5) is 0 Å². The molecular weight excluding hydrogens is 474 g/mol. The van der Waals surface area contributed by atoms with Crippen molar-refractivity contribution in [2.45, 2.75) is 18.6 Å². The van der Waals surface area contributed by atoms with Gasteiger partial charge in [-0.25, -0.2) is 0 Å². The van der Waals surface area contributed by atoms with Crippen LogP contribution in [0.25, 0.3) is 0 Å². The van der Waals surface area contributed by atoms with Crippen LogP contribution in [-0.4, -0.2) is 90.8 Å². The van der Waals surface area contributed by atoms with Crippen LogP contribution in [0.3, 0.4) is 0 Å². The number of nitrogens with zero attached hydrogens (tertiary/aromatic N) is 2. The van der Waals surface area contributed by atoms with Crippen molar-refractivity contribution in [1.29, 1.82) is 0 Å². The van der Waals surface area contributed by atoms with Crippen molar-refractivity contribution >= 4 is 17.7 Å². The fourth-order valence-electron chi connectivity index (χ4n) is 4.67. The van der Waals surface area contributed by atoms with Crippen LogP contribution in [0.1, 0.15) is 33.6 Å². The summed E-state index contributed by atoms with van der Waals surface area (Å²) in [6, 6.07) is 15.7. The maximum Gasteiger partial charge on any atom is 0.266 e. The highest BCUT2D eigenvalue weighted by molar-refractivity contribution is 5.95. The number of ether oxygens (including phenoxy) is 1. The predicted molar refractivity (Wildman–Crippen MR) is 138 cm³/mol. The van der Waals surface area contributed by atoms with Gasteiger partial charge in [-0.3, -0.25) is 19.3 Å². The highest BCUT2D eigenvalue weighted by Gasteiger charge is 2.42. The fraction of sp³-hybridized carbons (Fsp3) is 0.444. The Labute approximate surface area is 216 Å². The molecule has 10 nitrogen and oxygen atoms in total. The number of piperazine rings is 1. The summed E-state index contributed by atoms with van der Waals surface area (Å²) in [4.78, 5) is 40.8. The summed E-state index contributed by atoms with van der Waals surface area (Å²) >= 11 is 0. The van der Waals surface area contributed by atoms with Gasteiger partial charge in [-0.05, 0) is 68.2 Å². The minimum atomic E-state index is -2.07. The van der Waals surface area contributed by atoms with Crippen molar-refractivity contribution in [2.24, 2.45) is 11.7 Å². The predicted octanol–water partition coefficient (Wildman–Crippen LogP) is 0.427. The number of benzene rings is 2. The number of rotatable bonds is 9. The molecule has 0 aliphatic carbocycles. The molecule has 37 heavy (non-hydrogen) atoms. The van der Waals surface area contributed by atoms with Gasteiger partial charge in [-0.1, -0.05) is 18.2 Å². The van der Waals surface area contributed by atoms with Crippen LogP contribution in [0, 0.1) is 5.92 Å². The summed E-state index contributed by atoms with van der Waals surface area (Å²) in [6.07, 6.45) is 2.17. The number of hydrogen-bond acceptors (Lipinski definition) is 7. The van der Waals surface area contributed by atoms with E-state index < -0.39 is 17.5 Å². The number of hydrogen-bond donors (Lipinski definition) is 4. The Morgan fingerprint density at radius 1 is 0.973 bits per heavy atom. The van der Waals surface area contributed by atoms with Gasteiger partial charge in [0.1, 0.15) is 5.75 Å². The molecule has 2 heterocycles. The lowest BCUT2D eigenvalue weighted by molar-refractivity contribution is -0.162. The van der Waals surface area contributed by atoms with Gasteiger partial charge in [0.2, 0.25) is 5.72 Å². The van der Waals surface area contributed by atoms with Crippen LogP contribution < -0.4 is 21.1 Å². The van der Waals surface area contributed by atoms with Crippen molar-refractivity contribution in [3.63, 3.8) is 0 Å². The smallest absolute Gasteiger partial charge is 0.266 e.